The maximum atomic E-state index is 9.48. The van der Waals surface area contributed by atoms with Crippen LogP contribution in [-0.2, 0) is 6.42 Å². The highest BCUT2D eigenvalue weighted by molar-refractivity contribution is 6.32. The predicted molar refractivity (Wildman–Crippen MR) is 65.7 cm³/mol. The molecule has 1 rings (SSSR count). The van der Waals surface area contributed by atoms with Gasteiger partial charge in [-0.2, -0.15) is 0 Å². The Hall–Kier alpha value is -0.680. The van der Waals surface area contributed by atoms with E-state index in [2.05, 4.69) is 0 Å². The monoisotopic (exact) mass is 267 g/mol. The lowest BCUT2D eigenvalue weighted by molar-refractivity contribution is 0.265. The molecule has 4 N–H and O–H groups in total. The molecule has 0 aliphatic carbocycles. The molecule has 4 nitrogen and oxygen atoms in total. The first kappa shape index (κ1) is 15.3. The van der Waals surface area contributed by atoms with Crippen molar-refractivity contribution in [3.63, 3.8) is 0 Å². The molecule has 0 saturated carbocycles. The number of aliphatic hydroxyl groups is 1. The van der Waals surface area contributed by atoms with Crippen LogP contribution in [0.1, 0.15) is 5.56 Å². The summed E-state index contributed by atoms with van der Waals surface area (Å²) in [6, 6.07) is 2.92. The van der Waals surface area contributed by atoms with Gasteiger partial charge >= 0.3 is 0 Å². The smallest absolute Gasteiger partial charge is 0.176 e. The van der Waals surface area contributed by atoms with Gasteiger partial charge in [-0.25, -0.2) is 0 Å². The fraction of sp³-hybridized carbons (Fsp3) is 0.400. The van der Waals surface area contributed by atoms with Crippen molar-refractivity contribution in [2.75, 3.05) is 13.7 Å². The second kappa shape index (κ2) is 6.81. The van der Waals surface area contributed by atoms with Gasteiger partial charge in [-0.15, -0.1) is 12.4 Å². The number of aliphatic hydroxyl groups excluding tert-OH is 1. The van der Waals surface area contributed by atoms with E-state index in [0.717, 1.165) is 5.56 Å². The molecular formula is C10H15Cl2NO3. The van der Waals surface area contributed by atoms with E-state index < -0.39 is 0 Å². The van der Waals surface area contributed by atoms with E-state index in [1.165, 1.54) is 7.11 Å². The van der Waals surface area contributed by atoms with Crippen molar-refractivity contribution in [1.82, 2.24) is 0 Å². The first-order chi connectivity index (χ1) is 7.08. The normalized spacial score (nSPS) is 11.8. The standard InChI is InChI=1S/C10H14ClNO3.ClH/c1-15-9-4-6(2-7(12)5-13)3-8(11)10(9)14;/h3-4,7,13-14H,2,5,12H2,1H3;1H. The van der Waals surface area contributed by atoms with E-state index in [4.69, 9.17) is 27.2 Å². The molecule has 6 heteroatoms. The number of hydrogen-bond donors (Lipinski definition) is 3. The molecule has 0 fully saturated rings. The van der Waals surface area contributed by atoms with E-state index in [9.17, 15) is 5.11 Å². The third-order valence-corrected chi connectivity index (χ3v) is 2.33. The Balaban J connectivity index is 0.00000225. The molecular weight excluding hydrogens is 253 g/mol. The number of rotatable bonds is 4. The molecule has 92 valence electrons. The number of phenolic OH excluding ortho intramolecular Hbond substituents is 1. The molecule has 0 radical (unpaired) electrons. The van der Waals surface area contributed by atoms with E-state index in [1.807, 2.05) is 0 Å². The van der Waals surface area contributed by atoms with Crippen LogP contribution < -0.4 is 10.5 Å². The summed E-state index contributed by atoms with van der Waals surface area (Å²) in [6.07, 6.45) is 0.479. The van der Waals surface area contributed by atoms with Gasteiger partial charge in [0.05, 0.1) is 18.7 Å². The fourth-order valence-corrected chi connectivity index (χ4v) is 1.50. The van der Waals surface area contributed by atoms with Crippen LogP contribution in [0.3, 0.4) is 0 Å². The first-order valence-electron chi connectivity index (χ1n) is 4.50. The number of aromatic hydroxyl groups is 1. The van der Waals surface area contributed by atoms with Crippen LogP contribution in [0.2, 0.25) is 5.02 Å². The van der Waals surface area contributed by atoms with Gasteiger partial charge in [0.1, 0.15) is 0 Å². The molecule has 1 aromatic rings. The molecule has 0 spiro atoms. The molecule has 0 aliphatic rings. The van der Waals surface area contributed by atoms with E-state index >= 15 is 0 Å². The summed E-state index contributed by atoms with van der Waals surface area (Å²) in [4.78, 5) is 0. The van der Waals surface area contributed by atoms with Crippen molar-refractivity contribution in [2.24, 2.45) is 5.73 Å². The molecule has 1 aromatic carbocycles. The zero-order valence-electron chi connectivity index (χ0n) is 8.81. The van der Waals surface area contributed by atoms with Gasteiger partial charge in [0.2, 0.25) is 0 Å². The lowest BCUT2D eigenvalue weighted by Crippen LogP contribution is -2.26. The zero-order valence-corrected chi connectivity index (χ0v) is 10.4. The Morgan fingerprint density at radius 1 is 1.50 bits per heavy atom. The summed E-state index contributed by atoms with van der Waals surface area (Å²) in [5.74, 6) is 0.225. The summed E-state index contributed by atoms with van der Waals surface area (Å²) in [5, 5.41) is 18.5. The van der Waals surface area contributed by atoms with E-state index in [-0.39, 0.29) is 35.8 Å². The molecule has 0 amide bonds. The third-order valence-electron chi connectivity index (χ3n) is 2.04. The topological polar surface area (TPSA) is 75.7 Å². The minimum Gasteiger partial charge on any atom is -0.503 e. The SMILES string of the molecule is COc1cc(CC(N)CO)cc(Cl)c1O.Cl. The van der Waals surface area contributed by atoms with Crippen molar-refractivity contribution in [3.05, 3.63) is 22.7 Å². The number of halogens is 2. The molecule has 1 atom stereocenters. The molecule has 0 saturated heterocycles. The molecule has 0 aliphatic heterocycles. The Morgan fingerprint density at radius 3 is 2.62 bits per heavy atom. The molecule has 16 heavy (non-hydrogen) atoms. The number of nitrogens with two attached hydrogens (primary N) is 1. The highest BCUT2D eigenvalue weighted by Gasteiger charge is 2.10. The van der Waals surface area contributed by atoms with Gasteiger partial charge in [-0.05, 0) is 24.1 Å². The molecule has 1 unspecified atom stereocenters. The van der Waals surface area contributed by atoms with Crippen LogP contribution in [0, 0.1) is 0 Å². The van der Waals surface area contributed by atoms with Crippen LogP contribution in [0.25, 0.3) is 0 Å². The Labute approximate surface area is 105 Å². The van der Waals surface area contributed by atoms with E-state index in [0.29, 0.717) is 12.2 Å². The van der Waals surface area contributed by atoms with Gasteiger partial charge in [0.15, 0.2) is 11.5 Å². The molecule has 0 bridgehead atoms. The van der Waals surface area contributed by atoms with Crippen molar-refractivity contribution >= 4 is 24.0 Å². The van der Waals surface area contributed by atoms with Gasteiger partial charge in [0.25, 0.3) is 0 Å². The minimum absolute atomic E-state index is 0. The number of benzene rings is 1. The van der Waals surface area contributed by atoms with Crippen LogP contribution >= 0.6 is 24.0 Å². The zero-order chi connectivity index (χ0) is 11.4. The highest BCUT2D eigenvalue weighted by atomic mass is 35.5. The molecule has 0 aromatic heterocycles. The summed E-state index contributed by atoms with van der Waals surface area (Å²) >= 11 is 5.79. The van der Waals surface area contributed by atoms with Crippen molar-refractivity contribution < 1.29 is 14.9 Å². The van der Waals surface area contributed by atoms with Gasteiger partial charge in [-0.3, -0.25) is 0 Å². The lowest BCUT2D eigenvalue weighted by atomic mass is 10.1. The summed E-state index contributed by atoms with van der Waals surface area (Å²) in [7, 11) is 1.45. The minimum atomic E-state index is -0.338. The quantitative estimate of drug-likeness (QED) is 0.770. The van der Waals surface area contributed by atoms with Crippen LogP contribution in [0.15, 0.2) is 12.1 Å². The second-order valence-corrected chi connectivity index (χ2v) is 3.68. The summed E-state index contributed by atoms with van der Waals surface area (Å²) in [6.45, 7) is -0.0964. The van der Waals surface area contributed by atoms with Crippen LogP contribution in [0.5, 0.6) is 11.5 Å². The van der Waals surface area contributed by atoms with Crippen molar-refractivity contribution in [2.45, 2.75) is 12.5 Å². The van der Waals surface area contributed by atoms with Crippen molar-refractivity contribution in [3.8, 4) is 11.5 Å². The maximum absolute atomic E-state index is 9.48. The largest absolute Gasteiger partial charge is 0.503 e. The van der Waals surface area contributed by atoms with Gasteiger partial charge in [0, 0.05) is 6.04 Å². The van der Waals surface area contributed by atoms with Crippen molar-refractivity contribution in [1.29, 1.82) is 0 Å². The van der Waals surface area contributed by atoms with Crippen LogP contribution in [-0.4, -0.2) is 30.0 Å². The number of hydrogen-bond acceptors (Lipinski definition) is 4. The van der Waals surface area contributed by atoms with Crippen LogP contribution in [0.4, 0.5) is 0 Å². The Bertz CT molecular complexity index is 347. The fourth-order valence-electron chi connectivity index (χ4n) is 1.27. The Kier molecular flexibility index (Phi) is 6.52. The summed E-state index contributed by atoms with van der Waals surface area (Å²) in [5.41, 5.74) is 6.40. The number of phenols is 1. The lowest BCUT2D eigenvalue weighted by Gasteiger charge is -2.11. The summed E-state index contributed by atoms with van der Waals surface area (Å²) < 4.78 is 4.94. The maximum Gasteiger partial charge on any atom is 0.176 e. The third kappa shape index (κ3) is 3.72. The highest BCUT2D eigenvalue weighted by Crippen LogP contribution is 2.35. The first-order valence-corrected chi connectivity index (χ1v) is 4.88. The average molecular weight is 268 g/mol. The average Bonchev–Trinajstić information content (AvgIpc) is 2.22. The second-order valence-electron chi connectivity index (χ2n) is 3.28. The van der Waals surface area contributed by atoms with E-state index in [1.54, 1.807) is 12.1 Å². The predicted octanol–water partition coefficient (Wildman–Crippen LogP) is 1.34. The van der Waals surface area contributed by atoms with Gasteiger partial charge in [-0.1, -0.05) is 11.6 Å². The molecule has 0 heterocycles. The Morgan fingerprint density at radius 2 is 2.12 bits per heavy atom. The van der Waals surface area contributed by atoms with Gasteiger partial charge < -0.3 is 20.7 Å². The number of methoxy groups -OCH3 is 1. The number of ether oxygens (including phenoxy) is 1.